The standard InChI is InChI=1S/C15H19Cl2N3/c1-9-5-3-2-4-6-13(9)20-14-8-11(17)10(16)7-12(14)19-15(20)18/h7-9,13H,2-6H2,1H3,(H2,18,19). The minimum absolute atomic E-state index is 0.403. The number of aromatic nitrogens is 2. The molecule has 1 aliphatic rings. The first-order chi connectivity index (χ1) is 9.58. The summed E-state index contributed by atoms with van der Waals surface area (Å²) in [7, 11) is 0. The Morgan fingerprint density at radius 2 is 1.85 bits per heavy atom. The molecule has 20 heavy (non-hydrogen) atoms. The maximum atomic E-state index is 6.16. The molecule has 0 radical (unpaired) electrons. The third-order valence-corrected chi connectivity index (χ3v) is 5.13. The van der Waals surface area contributed by atoms with Gasteiger partial charge in [-0.15, -0.1) is 0 Å². The minimum atomic E-state index is 0.403. The summed E-state index contributed by atoms with van der Waals surface area (Å²) in [6.07, 6.45) is 6.24. The number of halogens is 2. The number of nitrogens with zero attached hydrogens (tertiary/aromatic N) is 2. The van der Waals surface area contributed by atoms with Crippen LogP contribution in [0, 0.1) is 5.92 Å². The lowest BCUT2D eigenvalue weighted by Gasteiger charge is -2.24. The van der Waals surface area contributed by atoms with Gasteiger partial charge in [0.25, 0.3) is 0 Å². The van der Waals surface area contributed by atoms with Gasteiger partial charge >= 0.3 is 0 Å². The normalized spacial score (nSPS) is 23.9. The number of benzene rings is 1. The molecule has 1 aromatic carbocycles. The Balaban J connectivity index is 2.14. The van der Waals surface area contributed by atoms with Gasteiger partial charge in [-0.05, 0) is 30.9 Å². The molecule has 0 amide bonds. The number of nitrogen functional groups attached to an aromatic ring is 1. The summed E-state index contributed by atoms with van der Waals surface area (Å²) in [6.45, 7) is 2.30. The van der Waals surface area contributed by atoms with Crippen molar-refractivity contribution >= 4 is 40.2 Å². The van der Waals surface area contributed by atoms with Crippen LogP contribution in [0.15, 0.2) is 12.1 Å². The topological polar surface area (TPSA) is 43.8 Å². The maximum absolute atomic E-state index is 6.16. The van der Waals surface area contributed by atoms with Crippen LogP contribution in [0.1, 0.15) is 45.1 Å². The van der Waals surface area contributed by atoms with Crippen LogP contribution >= 0.6 is 23.2 Å². The predicted octanol–water partition coefficient (Wildman–Crippen LogP) is 5.07. The Bertz CT molecular complexity index is 636. The first kappa shape index (κ1) is 14.0. The smallest absolute Gasteiger partial charge is 0.201 e. The third kappa shape index (κ3) is 2.38. The number of hydrogen-bond donors (Lipinski definition) is 1. The van der Waals surface area contributed by atoms with E-state index < -0.39 is 0 Å². The Hall–Kier alpha value is -0.930. The quantitative estimate of drug-likeness (QED) is 0.747. The zero-order valence-electron chi connectivity index (χ0n) is 11.6. The zero-order chi connectivity index (χ0) is 14.3. The summed E-state index contributed by atoms with van der Waals surface area (Å²) in [5.74, 6) is 1.17. The molecule has 3 nitrogen and oxygen atoms in total. The second kappa shape index (κ2) is 5.45. The van der Waals surface area contributed by atoms with E-state index in [2.05, 4.69) is 16.5 Å². The van der Waals surface area contributed by atoms with E-state index in [-0.39, 0.29) is 0 Å². The minimum Gasteiger partial charge on any atom is -0.369 e. The fourth-order valence-electron chi connectivity index (χ4n) is 3.31. The van der Waals surface area contributed by atoms with Crippen LogP contribution in [0.4, 0.5) is 5.95 Å². The van der Waals surface area contributed by atoms with Crippen LogP contribution in [0.2, 0.25) is 10.0 Å². The van der Waals surface area contributed by atoms with Crippen molar-refractivity contribution in [2.45, 2.75) is 45.1 Å². The largest absolute Gasteiger partial charge is 0.369 e. The highest BCUT2D eigenvalue weighted by Crippen LogP contribution is 2.38. The van der Waals surface area contributed by atoms with Crippen molar-refractivity contribution < 1.29 is 0 Å². The lowest BCUT2D eigenvalue weighted by atomic mass is 9.96. The van der Waals surface area contributed by atoms with Gasteiger partial charge < -0.3 is 10.3 Å². The zero-order valence-corrected chi connectivity index (χ0v) is 13.1. The van der Waals surface area contributed by atoms with Gasteiger partial charge in [0.05, 0.1) is 21.1 Å². The number of imidazole rings is 1. The molecule has 2 N–H and O–H groups in total. The van der Waals surface area contributed by atoms with Gasteiger partial charge in [0, 0.05) is 6.04 Å². The molecule has 0 spiro atoms. The van der Waals surface area contributed by atoms with E-state index in [0.29, 0.717) is 28.0 Å². The predicted molar refractivity (Wildman–Crippen MR) is 85.5 cm³/mol. The molecule has 2 atom stereocenters. The van der Waals surface area contributed by atoms with E-state index in [1.807, 2.05) is 6.07 Å². The maximum Gasteiger partial charge on any atom is 0.201 e. The first-order valence-corrected chi connectivity index (χ1v) is 7.96. The second-order valence-corrected chi connectivity index (χ2v) is 6.59. The second-order valence-electron chi connectivity index (χ2n) is 5.78. The molecular formula is C15H19Cl2N3. The molecule has 108 valence electrons. The number of rotatable bonds is 1. The van der Waals surface area contributed by atoms with Gasteiger partial charge in [-0.25, -0.2) is 4.98 Å². The SMILES string of the molecule is CC1CCCCCC1n1c(N)nc2cc(Cl)c(Cl)cc21. The Kier molecular flexibility index (Phi) is 3.83. The van der Waals surface area contributed by atoms with Crippen molar-refractivity contribution in [1.82, 2.24) is 9.55 Å². The number of anilines is 1. The average Bonchev–Trinajstić information content (AvgIpc) is 2.58. The molecule has 1 fully saturated rings. The Morgan fingerprint density at radius 3 is 2.65 bits per heavy atom. The van der Waals surface area contributed by atoms with Crippen molar-refractivity contribution in [2.24, 2.45) is 5.92 Å². The fraction of sp³-hybridized carbons (Fsp3) is 0.533. The summed E-state index contributed by atoms with van der Waals surface area (Å²) in [6, 6.07) is 4.09. The highest BCUT2D eigenvalue weighted by molar-refractivity contribution is 6.42. The van der Waals surface area contributed by atoms with Crippen LogP contribution in [-0.2, 0) is 0 Å². The average molecular weight is 312 g/mol. The van der Waals surface area contributed by atoms with Crippen LogP contribution in [0.3, 0.4) is 0 Å². The molecule has 0 saturated heterocycles. The van der Waals surface area contributed by atoms with Crippen LogP contribution in [0.25, 0.3) is 11.0 Å². The molecular weight excluding hydrogens is 293 g/mol. The molecule has 2 aromatic rings. The molecule has 0 bridgehead atoms. The number of nitrogens with two attached hydrogens (primary N) is 1. The monoisotopic (exact) mass is 311 g/mol. The molecule has 1 saturated carbocycles. The van der Waals surface area contributed by atoms with Crippen LogP contribution in [-0.4, -0.2) is 9.55 Å². The van der Waals surface area contributed by atoms with Crippen molar-refractivity contribution in [3.05, 3.63) is 22.2 Å². The summed E-state index contributed by atoms with van der Waals surface area (Å²) in [5, 5.41) is 1.08. The first-order valence-electron chi connectivity index (χ1n) is 7.20. The highest BCUT2D eigenvalue weighted by Gasteiger charge is 2.25. The van der Waals surface area contributed by atoms with Crippen LogP contribution < -0.4 is 5.73 Å². The molecule has 0 aliphatic heterocycles. The molecule has 1 aliphatic carbocycles. The van der Waals surface area contributed by atoms with Crippen molar-refractivity contribution in [2.75, 3.05) is 5.73 Å². The van der Waals surface area contributed by atoms with E-state index in [1.165, 1.54) is 25.7 Å². The lowest BCUT2D eigenvalue weighted by Crippen LogP contribution is -2.18. The van der Waals surface area contributed by atoms with Gasteiger partial charge in [0.2, 0.25) is 5.95 Å². The molecule has 5 heteroatoms. The highest BCUT2D eigenvalue weighted by atomic mass is 35.5. The van der Waals surface area contributed by atoms with Crippen LogP contribution in [0.5, 0.6) is 0 Å². The fourth-order valence-corrected chi connectivity index (χ4v) is 3.63. The van der Waals surface area contributed by atoms with Gasteiger partial charge in [0.15, 0.2) is 0 Å². The Morgan fingerprint density at radius 1 is 1.15 bits per heavy atom. The van der Waals surface area contributed by atoms with E-state index in [4.69, 9.17) is 28.9 Å². The van der Waals surface area contributed by atoms with Crippen molar-refractivity contribution in [3.8, 4) is 0 Å². The number of hydrogen-bond acceptors (Lipinski definition) is 2. The summed E-state index contributed by atoms with van der Waals surface area (Å²) < 4.78 is 2.16. The molecule has 2 unspecified atom stereocenters. The molecule has 3 rings (SSSR count). The van der Waals surface area contributed by atoms with E-state index in [1.54, 1.807) is 6.07 Å². The van der Waals surface area contributed by atoms with Gasteiger partial charge in [-0.2, -0.15) is 0 Å². The Labute approximate surface area is 129 Å². The van der Waals surface area contributed by atoms with Gasteiger partial charge in [-0.1, -0.05) is 49.4 Å². The van der Waals surface area contributed by atoms with E-state index in [0.717, 1.165) is 17.5 Å². The molecule has 1 heterocycles. The van der Waals surface area contributed by atoms with E-state index >= 15 is 0 Å². The van der Waals surface area contributed by atoms with E-state index in [9.17, 15) is 0 Å². The number of fused-ring (bicyclic) bond motifs is 1. The van der Waals surface area contributed by atoms with Crippen molar-refractivity contribution in [1.29, 1.82) is 0 Å². The summed E-state index contributed by atoms with van der Waals surface area (Å²) in [5.41, 5.74) is 7.99. The van der Waals surface area contributed by atoms with Gasteiger partial charge in [0.1, 0.15) is 0 Å². The van der Waals surface area contributed by atoms with Gasteiger partial charge in [-0.3, -0.25) is 0 Å². The summed E-state index contributed by atoms with van der Waals surface area (Å²) >= 11 is 12.2. The summed E-state index contributed by atoms with van der Waals surface area (Å²) in [4.78, 5) is 4.45. The molecule has 1 aromatic heterocycles. The third-order valence-electron chi connectivity index (χ3n) is 4.41. The van der Waals surface area contributed by atoms with Crippen molar-refractivity contribution in [3.63, 3.8) is 0 Å². The lowest BCUT2D eigenvalue weighted by molar-refractivity contribution is 0.344.